The quantitative estimate of drug-likeness (QED) is 0.571. The van der Waals surface area contributed by atoms with E-state index in [0.717, 1.165) is 0 Å². The molecule has 33 heavy (non-hydrogen) atoms. The van der Waals surface area contributed by atoms with Gasteiger partial charge in [-0.25, -0.2) is 22.7 Å². The molecule has 0 bridgehead atoms. The number of nitrogens with one attached hydrogen (secondary N) is 2. The molecule has 0 saturated carbocycles. The van der Waals surface area contributed by atoms with Gasteiger partial charge in [0.1, 0.15) is 0 Å². The van der Waals surface area contributed by atoms with E-state index in [0.29, 0.717) is 9.92 Å². The molecule has 2 rings (SSSR count). The predicted molar refractivity (Wildman–Crippen MR) is 102 cm³/mol. The Labute approximate surface area is 189 Å². The van der Waals surface area contributed by atoms with Crippen molar-refractivity contribution in [3.05, 3.63) is 29.3 Å². The lowest BCUT2D eigenvalue weighted by Gasteiger charge is -2.33. The van der Waals surface area contributed by atoms with Crippen LogP contribution in [0.2, 0.25) is 5.02 Å². The van der Waals surface area contributed by atoms with Crippen molar-refractivity contribution in [3.8, 4) is 0 Å². The third-order valence-corrected chi connectivity index (χ3v) is 6.19. The second-order valence-electron chi connectivity index (χ2n) is 7.05. The molecule has 1 saturated heterocycles. The van der Waals surface area contributed by atoms with Crippen molar-refractivity contribution in [2.45, 2.75) is 36.2 Å². The van der Waals surface area contributed by atoms with Crippen LogP contribution in [0.4, 0.5) is 35.9 Å². The maximum Gasteiger partial charge on any atom is 0.434 e. The molecule has 1 fully saturated rings. The molecule has 0 spiro atoms. The van der Waals surface area contributed by atoms with Crippen LogP contribution >= 0.6 is 11.6 Å². The fourth-order valence-electron chi connectivity index (χ4n) is 2.88. The van der Waals surface area contributed by atoms with E-state index in [1.807, 2.05) is 0 Å². The Morgan fingerprint density at radius 2 is 1.58 bits per heavy atom. The van der Waals surface area contributed by atoms with Gasteiger partial charge in [0.15, 0.2) is 0 Å². The Hall–Kier alpha value is -2.42. The summed E-state index contributed by atoms with van der Waals surface area (Å²) >= 11 is 5.67. The molecule has 1 aromatic carbocycles. The van der Waals surface area contributed by atoms with Gasteiger partial charge in [0, 0.05) is 24.7 Å². The first kappa shape index (κ1) is 26.8. The van der Waals surface area contributed by atoms with Crippen LogP contribution in [0.3, 0.4) is 0 Å². The molecule has 0 radical (unpaired) electrons. The zero-order valence-corrected chi connectivity index (χ0v) is 18.1. The normalized spacial score (nSPS) is 15.9. The highest BCUT2D eigenvalue weighted by atomic mass is 35.5. The topological polar surface area (TPSA) is 105 Å². The van der Waals surface area contributed by atoms with Crippen molar-refractivity contribution in [1.82, 2.24) is 14.9 Å². The van der Waals surface area contributed by atoms with Crippen LogP contribution < -0.4 is 10.0 Å². The van der Waals surface area contributed by atoms with Crippen LogP contribution in [0.5, 0.6) is 0 Å². The third-order valence-electron chi connectivity index (χ3n) is 4.59. The fraction of sp³-hybridized carbons (Fsp3) is 0.529. The minimum atomic E-state index is -5.81. The van der Waals surface area contributed by atoms with Gasteiger partial charge >= 0.3 is 24.5 Å². The van der Waals surface area contributed by atoms with Gasteiger partial charge in [-0.1, -0.05) is 11.6 Å². The average molecular weight is 526 g/mol. The standard InChI is InChI=1S/C17H18ClF6N3O5S/c18-11-1-3-12(4-2-11)33(30,31)26-14(28)25-9-10-5-7-27(8-6-10)15(29)32-13(16(19,20)21)17(22,23)24/h1-4,10,13H,5-9H2,(H2,25,26,28). The van der Waals surface area contributed by atoms with E-state index >= 15 is 0 Å². The lowest BCUT2D eigenvalue weighted by atomic mass is 9.97. The van der Waals surface area contributed by atoms with Gasteiger partial charge in [-0.05, 0) is 43.0 Å². The van der Waals surface area contributed by atoms with Crippen LogP contribution in [-0.4, -0.2) is 63.5 Å². The molecular weight excluding hydrogens is 508 g/mol. The number of hydrogen-bond donors (Lipinski definition) is 2. The van der Waals surface area contributed by atoms with E-state index in [4.69, 9.17) is 11.6 Å². The average Bonchev–Trinajstić information content (AvgIpc) is 2.69. The summed E-state index contributed by atoms with van der Waals surface area (Å²) in [7, 11) is -4.16. The second-order valence-corrected chi connectivity index (χ2v) is 9.17. The lowest BCUT2D eigenvalue weighted by Crippen LogP contribution is -2.50. The third kappa shape index (κ3) is 7.84. The van der Waals surface area contributed by atoms with Crippen LogP contribution in [-0.2, 0) is 14.8 Å². The molecule has 8 nitrogen and oxygen atoms in total. The van der Waals surface area contributed by atoms with E-state index in [1.54, 1.807) is 4.72 Å². The Balaban J connectivity index is 1.81. The molecule has 16 heteroatoms. The molecule has 1 aromatic rings. The molecule has 0 aromatic heterocycles. The molecule has 2 N–H and O–H groups in total. The summed E-state index contributed by atoms with van der Waals surface area (Å²) in [4.78, 5) is 24.1. The Kier molecular flexibility index (Phi) is 8.32. The maximum absolute atomic E-state index is 12.5. The van der Waals surface area contributed by atoms with Gasteiger partial charge in [0.05, 0.1) is 4.90 Å². The van der Waals surface area contributed by atoms with E-state index in [1.165, 1.54) is 24.3 Å². The van der Waals surface area contributed by atoms with Gasteiger partial charge in [-0.15, -0.1) is 0 Å². The number of nitrogens with zero attached hydrogens (tertiary/aromatic N) is 1. The summed E-state index contributed by atoms with van der Waals surface area (Å²) in [5, 5.41) is 2.61. The number of piperidine rings is 1. The van der Waals surface area contributed by atoms with Gasteiger partial charge in [0.25, 0.3) is 16.1 Å². The predicted octanol–water partition coefficient (Wildman–Crippen LogP) is 3.67. The van der Waals surface area contributed by atoms with Gasteiger partial charge < -0.3 is 15.0 Å². The molecule has 0 aliphatic carbocycles. The summed E-state index contributed by atoms with van der Waals surface area (Å²) in [5.74, 6) is -0.306. The molecular formula is C17H18ClF6N3O5S. The van der Waals surface area contributed by atoms with Gasteiger partial charge in [0.2, 0.25) is 0 Å². The van der Waals surface area contributed by atoms with E-state index in [9.17, 15) is 44.3 Å². The van der Waals surface area contributed by atoms with Crippen LogP contribution in [0.15, 0.2) is 29.2 Å². The number of urea groups is 1. The van der Waals surface area contributed by atoms with Crippen molar-refractivity contribution in [1.29, 1.82) is 0 Å². The SMILES string of the molecule is O=C(NCC1CCN(C(=O)OC(C(F)(F)F)C(F)(F)F)CC1)NS(=O)(=O)c1ccc(Cl)cc1. The molecule has 186 valence electrons. The Morgan fingerprint density at radius 1 is 1.06 bits per heavy atom. The minimum absolute atomic E-state index is 0.0431. The second kappa shape index (κ2) is 10.2. The maximum atomic E-state index is 12.5. The molecule has 0 unspecified atom stereocenters. The lowest BCUT2D eigenvalue weighted by molar-refractivity contribution is -0.308. The summed E-state index contributed by atoms with van der Waals surface area (Å²) in [5.41, 5.74) is 0. The molecule has 0 atom stereocenters. The number of amides is 3. The number of halogens is 7. The number of hydrogen-bond acceptors (Lipinski definition) is 5. The van der Waals surface area contributed by atoms with Gasteiger partial charge in [-0.3, -0.25) is 0 Å². The first-order valence-electron chi connectivity index (χ1n) is 9.25. The van der Waals surface area contributed by atoms with Crippen molar-refractivity contribution >= 4 is 33.7 Å². The summed E-state index contributed by atoms with van der Waals surface area (Å²) in [6.07, 6.45) is -17.4. The number of carbonyl (C=O) groups is 2. The highest BCUT2D eigenvalue weighted by Gasteiger charge is 2.60. The number of benzene rings is 1. The summed E-state index contributed by atoms with van der Waals surface area (Å²) in [6, 6.07) is 3.98. The molecule has 1 aliphatic rings. The van der Waals surface area contributed by atoms with E-state index in [-0.39, 0.29) is 43.3 Å². The number of alkyl halides is 6. The molecule has 3 amide bonds. The van der Waals surface area contributed by atoms with Crippen molar-refractivity contribution < 1.29 is 49.1 Å². The smallest absolute Gasteiger partial charge is 0.426 e. The number of carbonyl (C=O) groups excluding carboxylic acids is 2. The number of rotatable bonds is 5. The molecule has 1 heterocycles. The monoisotopic (exact) mass is 525 g/mol. The Bertz CT molecular complexity index is 933. The zero-order chi connectivity index (χ0) is 25.0. The highest BCUT2D eigenvalue weighted by molar-refractivity contribution is 7.90. The van der Waals surface area contributed by atoms with Crippen molar-refractivity contribution in [2.75, 3.05) is 19.6 Å². The van der Waals surface area contributed by atoms with Crippen LogP contribution in [0.1, 0.15) is 12.8 Å². The number of sulfonamides is 1. The summed E-state index contributed by atoms with van der Waals surface area (Å²) in [6.45, 7) is -0.463. The zero-order valence-electron chi connectivity index (χ0n) is 16.5. The highest BCUT2D eigenvalue weighted by Crippen LogP contribution is 2.36. The van der Waals surface area contributed by atoms with Crippen LogP contribution in [0.25, 0.3) is 0 Å². The van der Waals surface area contributed by atoms with Crippen molar-refractivity contribution in [3.63, 3.8) is 0 Å². The largest absolute Gasteiger partial charge is 0.434 e. The number of ether oxygens (including phenoxy) is 1. The Morgan fingerprint density at radius 3 is 2.06 bits per heavy atom. The number of likely N-dealkylation sites (tertiary alicyclic amines) is 1. The fourth-order valence-corrected chi connectivity index (χ4v) is 3.94. The van der Waals surface area contributed by atoms with Crippen LogP contribution in [0, 0.1) is 5.92 Å². The van der Waals surface area contributed by atoms with E-state index in [2.05, 4.69) is 10.1 Å². The van der Waals surface area contributed by atoms with E-state index < -0.39 is 40.6 Å². The summed E-state index contributed by atoms with van der Waals surface area (Å²) < 4.78 is 105. The first-order valence-corrected chi connectivity index (χ1v) is 11.1. The first-order chi connectivity index (χ1) is 15.1. The van der Waals surface area contributed by atoms with Gasteiger partial charge in [-0.2, -0.15) is 26.3 Å². The minimum Gasteiger partial charge on any atom is -0.426 e. The van der Waals surface area contributed by atoms with Crippen molar-refractivity contribution in [2.24, 2.45) is 5.92 Å². The molecule has 1 aliphatic heterocycles.